The molecule has 6 heteroatoms. The number of nitrogens with zero attached hydrogens (tertiary/aromatic N) is 1. The van der Waals surface area contributed by atoms with Crippen LogP contribution in [0.2, 0.25) is 0 Å². The summed E-state index contributed by atoms with van der Waals surface area (Å²) in [6.07, 6.45) is 4.73. The normalized spacial score (nSPS) is 11.7. The lowest BCUT2D eigenvalue weighted by Crippen LogP contribution is -2.09. The molecule has 2 N–H and O–H groups in total. The van der Waals surface area contributed by atoms with Gasteiger partial charge in [-0.3, -0.25) is 4.72 Å². The molecule has 0 saturated heterocycles. The number of aromatic amines is 1. The lowest BCUT2D eigenvalue weighted by molar-refractivity contribution is 0.607. The van der Waals surface area contributed by atoms with Crippen LogP contribution in [0.1, 0.15) is 0 Å². The lowest BCUT2D eigenvalue weighted by atomic mass is 10.1. The zero-order valence-electron chi connectivity index (χ0n) is 10.8. The Morgan fingerprint density at radius 2 is 2.00 bits per heavy atom. The number of pyridine rings is 1. The van der Waals surface area contributed by atoms with Crippen molar-refractivity contribution in [1.82, 2.24) is 9.97 Å². The first-order valence-electron chi connectivity index (χ1n) is 6.03. The van der Waals surface area contributed by atoms with Crippen molar-refractivity contribution in [2.75, 3.05) is 11.0 Å². The highest BCUT2D eigenvalue weighted by Gasteiger charge is 2.05. The van der Waals surface area contributed by atoms with E-state index in [4.69, 9.17) is 0 Å². The van der Waals surface area contributed by atoms with Crippen LogP contribution in [0.4, 0.5) is 5.69 Å². The molecule has 0 unspecified atom stereocenters. The quantitative estimate of drug-likeness (QED) is 0.777. The van der Waals surface area contributed by atoms with E-state index in [2.05, 4.69) is 14.7 Å². The SMILES string of the molecule is CS(=O)(=O)Nc1cccc(-c2cnc3[nH]ccc3c2)c1. The van der Waals surface area contributed by atoms with Gasteiger partial charge in [0.2, 0.25) is 10.0 Å². The first-order chi connectivity index (χ1) is 9.51. The summed E-state index contributed by atoms with van der Waals surface area (Å²) in [5.74, 6) is 0. The summed E-state index contributed by atoms with van der Waals surface area (Å²) >= 11 is 0. The molecule has 0 saturated carbocycles. The number of nitrogens with one attached hydrogen (secondary N) is 2. The van der Waals surface area contributed by atoms with Crippen LogP contribution in [0, 0.1) is 0 Å². The number of H-pyrrole nitrogens is 1. The number of anilines is 1. The number of benzene rings is 1. The molecule has 3 rings (SSSR count). The fourth-order valence-electron chi connectivity index (χ4n) is 2.07. The molecule has 0 amide bonds. The van der Waals surface area contributed by atoms with E-state index in [0.717, 1.165) is 28.4 Å². The maximum Gasteiger partial charge on any atom is 0.229 e. The molecule has 5 nitrogen and oxygen atoms in total. The summed E-state index contributed by atoms with van der Waals surface area (Å²) in [7, 11) is -3.27. The highest BCUT2D eigenvalue weighted by molar-refractivity contribution is 7.92. The second kappa shape index (κ2) is 4.64. The number of hydrogen-bond acceptors (Lipinski definition) is 3. The van der Waals surface area contributed by atoms with Gasteiger partial charge in [-0.1, -0.05) is 12.1 Å². The van der Waals surface area contributed by atoms with E-state index < -0.39 is 10.0 Å². The van der Waals surface area contributed by atoms with Crippen LogP contribution in [0.3, 0.4) is 0 Å². The third-order valence-electron chi connectivity index (χ3n) is 2.90. The number of hydrogen-bond donors (Lipinski definition) is 2. The van der Waals surface area contributed by atoms with Crippen molar-refractivity contribution in [3.63, 3.8) is 0 Å². The van der Waals surface area contributed by atoms with Gasteiger partial charge in [-0.15, -0.1) is 0 Å². The molecule has 1 aromatic carbocycles. The molecule has 0 atom stereocenters. The van der Waals surface area contributed by atoms with Crippen molar-refractivity contribution in [3.05, 3.63) is 48.8 Å². The van der Waals surface area contributed by atoms with Crippen molar-refractivity contribution in [2.24, 2.45) is 0 Å². The van der Waals surface area contributed by atoms with Crippen molar-refractivity contribution in [2.45, 2.75) is 0 Å². The fraction of sp³-hybridized carbons (Fsp3) is 0.0714. The number of aromatic nitrogens is 2. The number of sulfonamides is 1. The Labute approximate surface area is 116 Å². The largest absolute Gasteiger partial charge is 0.346 e. The maximum atomic E-state index is 11.3. The van der Waals surface area contributed by atoms with Crippen LogP contribution in [0.25, 0.3) is 22.2 Å². The minimum atomic E-state index is -3.27. The van der Waals surface area contributed by atoms with E-state index in [9.17, 15) is 8.42 Å². The summed E-state index contributed by atoms with van der Waals surface area (Å²) in [5.41, 5.74) is 3.22. The van der Waals surface area contributed by atoms with Crippen LogP contribution in [0.15, 0.2) is 48.8 Å². The zero-order chi connectivity index (χ0) is 14.2. The molecule has 2 heterocycles. The van der Waals surface area contributed by atoms with Gasteiger partial charge in [0, 0.05) is 29.0 Å². The van der Waals surface area contributed by atoms with Crippen molar-refractivity contribution in [3.8, 4) is 11.1 Å². The Morgan fingerprint density at radius 1 is 1.15 bits per heavy atom. The van der Waals surface area contributed by atoms with Crippen molar-refractivity contribution < 1.29 is 8.42 Å². The molecule has 3 aromatic rings. The lowest BCUT2D eigenvalue weighted by Gasteiger charge is -2.07. The minimum Gasteiger partial charge on any atom is -0.346 e. The molecular formula is C14H13N3O2S. The first-order valence-corrected chi connectivity index (χ1v) is 7.92. The molecule has 0 spiro atoms. The Hall–Kier alpha value is -2.34. The van der Waals surface area contributed by atoms with E-state index in [0.29, 0.717) is 5.69 Å². The van der Waals surface area contributed by atoms with Gasteiger partial charge in [0.05, 0.1) is 6.26 Å². The van der Waals surface area contributed by atoms with Crippen LogP contribution in [-0.2, 0) is 10.0 Å². The van der Waals surface area contributed by atoms with Crippen LogP contribution in [0.5, 0.6) is 0 Å². The monoisotopic (exact) mass is 287 g/mol. The van der Waals surface area contributed by atoms with Crippen molar-refractivity contribution >= 4 is 26.7 Å². The Bertz CT molecular complexity index is 869. The van der Waals surface area contributed by atoms with Gasteiger partial charge in [-0.2, -0.15) is 0 Å². The smallest absolute Gasteiger partial charge is 0.229 e. The Balaban J connectivity index is 2.03. The van der Waals surface area contributed by atoms with Gasteiger partial charge >= 0.3 is 0 Å². The zero-order valence-corrected chi connectivity index (χ0v) is 11.6. The first kappa shape index (κ1) is 12.7. The van der Waals surface area contributed by atoms with Gasteiger partial charge in [-0.05, 0) is 29.8 Å². The molecule has 0 radical (unpaired) electrons. The number of rotatable bonds is 3. The highest BCUT2D eigenvalue weighted by atomic mass is 32.2. The molecule has 0 bridgehead atoms. The average molecular weight is 287 g/mol. The van der Waals surface area contributed by atoms with Crippen LogP contribution < -0.4 is 4.72 Å². The summed E-state index contributed by atoms with van der Waals surface area (Å²) in [6.45, 7) is 0. The van der Waals surface area contributed by atoms with Crippen LogP contribution in [-0.4, -0.2) is 24.6 Å². The fourth-order valence-corrected chi connectivity index (χ4v) is 2.63. The minimum absolute atomic E-state index is 0.541. The Kier molecular flexibility index (Phi) is 2.94. The second-order valence-corrected chi connectivity index (χ2v) is 6.34. The van der Waals surface area contributed by atoms with Gasteiger partial charge in [0.1, 0.15) is 5.65 Å². The van der Waals surface area contributed by atoms with Gasteiger partial charge in [0.15, 0.2) is 0 Å². The topological polar surface area (TPSA) is 74.8 Å². The predicted octanol–water partition coefficient (Wildman–Crippen LogP) is 2.60. The van der Waals surface area contributed by atoms with E-state index in [1.165, 1.54) is 0 Å². The van der Waals surface area contributed by atoms with Gasteiger partial charge < -0.3 is 4.98 Å². The molecule has 0 aliphatic carbocycles. The molecular weight excluding hydrogens is 274 g/mol. The predicted molar refractivity (Wildman–Crippen MR) is 80.0 cm³/mol. The average Bonchev–Trinajstić information content (AvgIpc) is 2.84. The molecule has 0 aliphatic rings. The van der Waals surface area contributed by atoms with Crippen molar-refractivity contribution in [1.29, 1.82) is 0 Å². The molecule has 2 aromatic heterocycles. The molecule has 102 valence electrons. The highest BCUT2D eigenvalue weighted by Crippen LogP contribution is 2.25. The van der Waals surface area contributed by atoms with Gasteiger partial charge in [0.25, 0.3) is 0 Å². The standard InChI is InChI=1S/C14H13N3O2S/c1-20(18,19)17-13-4-2-3-10(8-13)12-7-11-5-6-15-14(11)16-9-12/h2-9,17H,1H3,(H,15,16). The van der Waals surface area contributed by atoms with E-state index >= 15 is 0 Å². The summed E-state index contributed by atoms with van der Waals surface area (Å²) in [4.78, 5) is 7.37. The second-order valence-electron chi connectivity index (χ2n) is 4.59. The summed E-state index contributed by atoms with van der Waals surface area (Å²) < 4.78 is 25.0. The molecule has 20 heavy (non-hydrogen) atoms. The molecule has 0 fully saturated rings. The summed E-state index contributed by atoms with van der Waals surface area (Å²) in [5, 5.41) is 1.02. The van der Waals surface area contributed by atoms with Crippen LogP contribution >= 0.6 is 0 Å². The Morgan fingerprint density at radius 3 is 2.80 bits per heavy atom. The van der Waals surface area contributed by atoms with E-state index in [1.54, 1.807) is 18.3 Å². The number of fused-ring (bicyclic) bond motifs is 1. The summed E-state index contributed by atoms with van der Waals surface area (Å²) in [6, 6.07) is 11.2. The van der Waals surface area contributed by atoms with Gasteiger partial charge in [-0.25, -0.2) is 13.4 Å². The molecule has 0 aliphatic heterocycles. The van der Waals surface area contributed by atoms with E-state index in [-0.39, 0.29) is 0 Å². The maximum absolute atomic E-state index is 11.3. The van der Waals surface area contributed by atoms with E-state index in [1.807, 2.05) is 30.5 Å². The third kappa shape index (κ3) is 2.65. The third-order valence-corrected chi connectivity index (χ3v) is 3.51.